The topological polar surface area (TPSA) is 88.4 Å². The molecule has 1 N–H and O–H groups in total. The second-order valence-corrected chi connectivity index (χ2v) is 6.35. The van der Waals surface area contributed by atoms with E-state index in [0.717, 1.165) is 0 Å². The largest absolute Gasteiger partial charge is 0.377 e. The summed E-state index contributed by atoms with van der Waals surface area (Å²) in [6.45, 7) is 0. The average molecular weight is 386 g/mol. The molecule has 0 bridgehead atoms. The molecule has 0 aliphatic heterocycles. The van der Waals surface area contributed by atoms with E-state index in [1.54, 1.807) is 49.5 Å². The summed E-state index contributed by atoms with van der Waals surface area (Å²) in [6.07, 6.45) is 1.67. The van der Waals surface area contributed by atoms with Crippen molar-refractivity contribution in [2.24, 2.45) is 0 Å². The molecule has 0 saturated carbocycles. The fourth-order valence-corrected chi connectivity index (χ4v) is 2.66. The van der Waals surface area contributed by atoms with Gasteiger partial charge in [-0.25, -0.2) is 4.98 Å². The number of nitro groups is 1. The molecular weight excluding hydrogens is 368 g/mol. The minimum Gasteiger partial charge on any atom is -0.377 e. The standard InChI is InChI=1S/C22H18N4O3/c1-25(2)21-12-11-19(26(28)29)15-20(21)22(27)24-18-8-5-6-16(14-18)9-10-17-7-3-4-13-23-17/h3-8,11-15H,1-2H3,(H,24,27). The van der Waals surface area contributed by atoms with E-state index in [1.165, 1.54) is 12.1 Å². The molecule has 0 saturated heterocycles. The highest BCUT2D eigenvalue weighted by atomic mass is 16.6. The SMILES string of the molecule is CN(C)c1ccc([N+](=O)[O-])cc1C(=O)Nc1cccc(C#Cc2ccccn2)c1. The third-order valence-electron chi connectivity index (χ3n) is 4.04. The average Bonchev–Trinajstić information content (AvgIpc) is 2.72. The first-order chi connectivity index (χ1) is 13.9. The van der Waals surface area contributed by atoms with E-state index in [0.29, 0.717) is 22.6 Å². The molecule has 0 aliphatic carbocycles. The van der Waals surface area contributed by atoms with E-state index < -0.39 is 10.8 Å². The zero-order chi connectivity index (χ0) is 20.8. The van der Waals surface area contributed by atoms with Crippen molar-refractivity contribution in [1.82, 2.24) is 4.98 Å². The van der Waals surface area contributed by atoms with Crippen LogP contribution in [0, 0.1) is 22.0 Å². The lowest BCUT2D eigenvalue weighted by Gasteiger charge is -2.17. The van der Waals surface area contributed by atoms with Crippen LogP contribution in [-0.2, 0) is 0 Å². The number of carbonyl (C=O) groups is 1. The summed E-state index contributed by atoms with van der Waals surface area (Å²) in [6, 6.07) is 16.8. The van der Waals surface area contributed by atoms with E-state index in [-0.39, 0.29) is 11.3 Å². The van der Waals surface area contributed by atoms with Gasteiger partial charge in [-0.1, -0.05) is 18.1 Å². The van der Waals surface area contributed by atoms with Gasteiger partial charge < -0.3 is 10.2 Å². The molecule has 0 unspecified atom stereocenters. The van der Waals surface area contributed by atoms with Crippen LogP contribution in [0.4, 0.5) is 17.1 Å². The first kappa shape index (κ1) is 19.6. The molecule has 1 heterocycles. The molecular formula is C22H18N4O3. The number of carbonyl (C=O) groups excluding carboxylic acids is 1. The molecule has 3 rings (SSSR count). The molecule has 29 heavy (non-hydrogen) atoms. The first-order valence-electron chi connectivity index (χ1n) is 8.74. The van der Waals surface area contributed by atoms with Crippen molar-refractivity contribution in [3.05, 3.63) is 93.8 Å². The molecule has 1 amide bonds. The van der Waals surface area contributed by atoms with Crippen LogP contribution < -0.4 is 10.2 Å². The third-order valence-corrected chi connectivity index (χ3v) is 4.04. The second-order valence-electron chi connectivity index (χ2n) is 6.35. The van der Waals surface area contributed by atoms with E-state index in [9.17, 15) is 14.9 Å². The number of hydrogen-bond acceptors (Lipinski definition) is 5. The van der Waals surface area contributed by atoms with Crippen LogP contribution in [0.15, 0.2) is 66.9 Å². The van der Waals surface area contributed by atoms with Crippen LogP contribution in [0.1, 0.15) is 21.6 Å². The predicted molar refractivity (Wildman–Crippen MR) is 112 cm³/mol. The molecule has 144 valence electrons. The number of pyridine rings is 1. The minimum absolute atomic E-state index is 0.143. The van der Waals surface area contributed by atoms with Gasteiger partial charge in [0.1, 0.15) is 5.69 Å². The van der Waals surface area contributed by atoms with Crippen LogP contribution >= 0.6 is 0 Å². The summed E-state index contributed by atoms with van der Waals surface area (Å²) in [5, 5.41) is 13.9. The summed E-state index contributed by atoms with van der Waals surface area (Å²) in [4.78, 5) is 29.2. The Hall–Kier alpha value is -4.18. The Bertz CT molecular complexity index is 1120. The van der Waals surface area contributed by atoms with Gasteiger partial charge in [-0.15, -0.1) is 0 Å². The van der Waals surface area contributed by atoms with Crippen molar-refractivity contribution in [3.63, 3.8) is 0 Å². The minimum atomic E-state index is -0.524. The van der Waals surface area contributed by atoms with Crippen molar-refractivity contribution in [2.75, 3.05) is 24.3 Å². The van der Waals surface area contributed by atoms with E-state index in [1.807, 2.05) is 24.3 Å². The number of nitro benzene ring substituents is 1. The summed E-state index contributed by atoms with van der Waals surface area (Å²) >= 11 is 0. The van der Waals surface area contributed by atoms with E-state index in [2.05, 4.69) is 22.1 Å². The van der Waals surface area contributed by atoms with Gasteiger partial charge in [0, 0.05) is 49.4 Å². The Morgan fingerprint density at radius 3 is 2.59 bits per heavy atom. The first-order valence-corrected chi connectivity index (χ1v) is 8.74. The predicted octanol–water partition coefficient (Wildman–Crippen LogP) is 3.71. The number of anilines is 2. The van der Waals surface area contributed by atoms with Gasteiger partial charge in [-0.3, -0.25) is 14.9 Å². The van der Waals surface area contributed by atoms with Crippen LogP contribution in [0.3, 0.4) is 0 Å². The number of amides is 1. The molecule has 0 atom stereocenters. The maximum Gasteiger partial charge on any atom is 0.270 e. The van der Waals surface area contributed by atoms with Gasteiger partial charge in [-0.2, -0.15) is 0 Å². The molecule has 7 heteroatoms. The fourth-order valence-electron chi connectivity index (χ4n) is 2.66. The van der Waals surface area contributed by atoms with Crippen molar-refractivity contribution < 1.29 is 9.72 Å². The number of rotatable bonds is 4. The van der Waals surface area contributed by atoms with Crippen LogP contribution in [0.5, 0.6) is 0 Å². The summed E-state index contributed by atoms with van der Waals surface area (Å²) in [5.74, 6) is 5.53. The monoisotopic (exact) mass is 386 g/mol. The Morgan fingerprint density at radius 1 is 1.07 bits per heavy atom. The van der Waals surface area contributed by atoms with Crippen molar-refractivity contribution in [2.45, 2.75) is 0 Å². The number of aromatic nitrogens is 1. The fraction of sp³-hybridized carbons (Fsp3) is 0.0909. The molecule has 3 aromatic rings. The Balaban J connectivity index is 1.86. The van der Waals surface area contributed by atoms with Gasteiger partial charge >= 0.3 is 0 Å². The quantitative estimate of drug-likeness (QED) is 0.420. The highest BCUT2D eigenvalue weighted by molar-refractivity contribution is 6.08. The maximum absolute atomic E-state index is 12.8. The Labute approximate surface area is 168 Å². The van der Waals surface area contributed by atoms with Gasteiger partial charge in [0.2, 0.25) is 0 Å². The van der Waals surface area contributed by atoms with Gasteiger partial charge in [0.15, 0.2) is 0 Å². The van der Waals surface area contributed by atoms with Crippen LogP contribution in [0.25, 0.3) is 0 Å². The van der Waals surface area contributed by atoms with Crippen molar-refractivity contribution in [1.29, 1.82) is 0 Å². The highest BCUT2D eigenvalue weighted by Crippen LogP contribution is 2.25. The number of nitrogens with zero attached hydrogens (tertiary/aromatic N) is 3. The van der Waals surface area contributed by atoms with Crippen molar-refractivity contribution >= 4 is 23.0 Å². The number of nitrogens with one attached hydrogen (secondary N) is 1. The number of hydrogen-bond donors (Lipinski definition) is 1. The summed E-state index contributed by atoms with van der Waals surface area (Å²) < 4.78 is 0. The molecule has 0 radical (unpaired) electrons. The number of benzene rings is 2. The normalized spacial score (nSPS) is 9.86. The lowest BCUT2D eigenvalue weighted by atomic mass is 10.1. The zero-order valence-electron chi connectivity index (χ0n) is 15.9. The van der Waals surface area contributed by atoms with Gasteiger partial charge in [0.05, 0.1) is 10.5 Å². The maximum atomic E-state index is 12.8. The molecule has 0 aliphatic rings. The summed E-state index contributed by atoms with van der Waals surface area (Å²) in [7, 11) is 3.54. The zero-order valence-corrected chi connectivity index (χ0v) is 15.9. The lowest BCUT2D eigenvalue weighted by Crippen LogP contribution is -2.18. The van der Waals surface area contributed by atoms with E-state index >= 15 is 0 Å². The van der Waals surface area contributed by atoms with Gasteiger partial charge in [0.25, 0.3) is 11.6 Å². The molecule has 0 spiro atoms. The molecule has 2 aromatic carbocycles. The van der Waals surface area contributed by atoms with E-state index in [4.69, 9.17) is 0 Å². The van der Waals surface area contributed by atoms with Crippen LogP contribution in [0.2, 0.25) is 0 Å². The molecule has 1 aromatic heterocycles. The number of non-ortho nitro benzene ring substituents is 1. The van der Waals surface area contributed by atoms with Crippen molar-refractivity contribution in [3.8, 4) is 11.8 Å². The summed E-state index contributed by atoms with van der Waals surface area (Å²) in [5.41, 5.74) is 2.55. The molecule has 7 nitrogen and oxygen atoms in total. The third kappa shape index (κ3) is 4.96. The van der Waals surface area contributed by atoms with Crippen LogP contribution in [-0.4, -0.2) is 29.9 Å². The second kappa shape index (κ2) is 8.67. The van der Waals surface area contributed by atoms with Gasteiger partial charge in [-0.05, 0) is 42.3 Å². The Morgan fingerprint density at radius 2 is 1.90 bits per heavy atom. The highest BCUT2D eigenvalue weighted by Gasteiger charge is 2.18. The Kier molecular flexibility index (Phi) is 5.85. The molecule has 0 fully saturated rings. The smallest absolute Gasteiger partial charge is 0.270 e. The lowest BCUT2D eigenvalue weighted by molar-refractivity contribution is -0.384.